The Balaban J connectivity index is 2.00. The number of carbonyl (C=O) groups is 1. The molecule has 2 rings (SSSR count). The Labute approximate surface area is 86.3 Å². The van der Waals surface area contributed by atoms with Crippen LogP contribution in [-0.2, 0) is 11.3 Å². The average Bonchev–Trinajstić information content (AvgIpc) is 2.66. The molecular weight excluding hydrogens is 200 g/mol. The lowest BCUT2D eigenvalue weighted by atomic mass is 10.2. The normalized spacial score (nSPS) is 23.5. The molecule has 1 atom stereocenters. The maximum atomic E-state index is 11.4. The summed E-state index contributed by atoms with van der Waals surface area (Å²) < 4.78 is 3.80. The Morgan fingerprint density at radius 2 is 2.64 bits per heavy atom. The molecule has 0 spiro atoms. The smallest absolute Gasteiger partial charge is 0.237 e. The van der Waals surface area contributed by atoms with Crippen molar-refractivity contribution in [3.05, 3.63) is 11.1 Å². The van der Waals surface area contributed by atoms with Crippen LogP contribution in [0.1, 0.15) is 11.8 Å². The van der Waals surface area contributed by atoms with Crippen LogP contribution in [0.15, 0.2) is 6.20 Å². The number of rotatable bonds is 2. The molecule has 1 aromatic rings. The van der Waals surface area contributed by atoms with Gasteiger partial charge in [-0.05, 0) is 18.5 Å². The Morgan fingerprint density at radius 1 is 1.79 bits per heavy atom. The largest absolute Gasteiger partial charge is 0.353 e. The molecule has 1 unspecified atom stereocenters. The van der Waals surface area contributed by atoms with Crippen LogP contribution in [0.4, 0.5) is 0 Å². The molecule has 6 heteroatoms. The molecule has 0 bridgehead atoms. The predicted molar refractivity (Wildman–Crippen MR) is 52.8 cm³/mol. The molecule has 76 valence electrons. The van der Waals surface area contributed by atoms with Gasteiger partial charge in [0.1, 0.15) is 0 Å². The molecule has 1 aliphatic heterocycles. The van der Waals surface area contributed by atoms with Gasteiger partial charge in [-0.3, -0.25) is 9.69 Å². The fraction of sp³-hybridized carbons (Fsp3) is 0.625. The quantitative estimate of drug-likeness (QED) is 0.741. The number of carbonyl (C=O) groups excluding carboxylic acids is 1. The molecule has 1 aliphatic rings. The van der Waals surface area contributed by atoms with Gasteiger partial charge in [-0.1, -0.05) is 4.49 Å². The predicted octanol–water partition coefficient (Wildman–Crippen LogP) is -0.142. The van der Waals surface area contributed by atoms with Crippen molar-refractivity contribution in [2.75, 3.05) is 13.1 Å². The fourth-order valence-corrected chi connectivity index (χ4v) is 2.02. The Kier molecular flexibility index (Phi) is 2.74. The van der Waals surface area contributed by atoms with Crippen LogP contribution in [-0.4, -0.2) is 39.5 Å². The number of hydrogen-bond donors (Lipinski definition) is 1. The van der Waals surface area contributed by atoms with E-state index >= 15 is 0 Å². The summed E-state index contributed by atoms with van der Waals surface area (Å²) in [6.07, 6.45) is 1.75. The van der Waals surface area contributed by atoms with Gasteiger partial charge in [0.25, 0.3) is 0 Å². The van der Waals surface area contributed by atoms with Gasteiger partial charge in [0.2, 0.25) is 5.91 Å². The highest BCUT2D eigenvalue weighted by molar-refractivity contribution is 7.05. The van der Waals surface area contributed by atoms with E-state index in [0.717, 1.165) is 24.5 Å². The van der Waals surface area contributed by atoms with Crippen molar-refractivity contribution >= 4 is 17.4 Å². The van der Waals surface area contributed by atoms with Crippen molar-refractivity contribution in [2.45, 2.75) is 19.5 Å². The van der Waals surface area contributed by atoms with Crippen molar-refractivity contribution in [1.82, 2.24) is 19.8 Å². The molecule has 2 heterocycles. The first-order chi connectivity index (χ1) is 6.77. The lowest BCUT2D eigenvalue weighted by Crippen LogP contribution is -2.53. The molecule has 0 aromatic carbocycles. The molecule has 1 aromatic heterocycles. The van der Waals surface area contributed by atoms with Gasteiger partial charge in [0.15, 0.2) is 0 Å². The second-order valence-electron chi connectivity index (χ2n) is 3.32. The fourth-order valence-electron chi connectivity index (χ4n) is 1.50. The minimum atomic E-state index is -0.0501. The topological polar surface area (TPSA) is 58.1 Å². The molecule has 1 amide bonds. The molecule has 0 radical (unpaired) electrons. The maximum absolute atomic E-state index is 11.4. The zero-order valence-electron chi connectivity index (χ0n) is 7.93. The van der Waals surface area contributed by atoms with E-state index in [1.165, 1.54) is 11.5 Å². The summed E-state index contributed by atoms with van der Waals surface area (Å²) in [6, 6.07) is -0.0501. The van der Waals surface area contributed by atoms with E-state index in [-0.39, 0.29) is 11.9 Å². The van der Waals surface area contributed by atoms with Crippen LogP contribution in [0, 0.1) is 0 Å². The summed E-state index contributed by atoms with van der Waals surface area (Å²) in [5.41, 5.74) is 0. The van der Waals surface area contributed by atoms with Crippen molar-refractivity contribution in [3.63, 3.8) is 0 Å². The highest BCUT2D eigenvalue weighted by Crippen LogP contribution is 2.11. The summed E-state index contributed by atoms with van der Waals surface area (Å²) in [5.74, 6) is 0.105. The van der Waals surface area contributed by atoms with Crippen LogP contribution < -0.4 is 5.32 Å². The third-order valence-corrected chi connectivity index (χ3v) is 3.04. The van der Waals surface area contributed by atoms with Gasteiger partial charge < -0.3 is 5.32 Å². The van der Waals surface area contributed by atoms with E-state index in [2.05, 4.69) is 19.8 Å². The zero-order valence-corrected chi connectivity index (χ0v) is 8.75. The second-order valence-corrected chi connectivity index (χ2v) is 4.19. The first kappa shape index (κ1) is 9.54. The zero-order chi connectivity index (χ0) is 9.97. The number of amides is 1. The van der Waals surface area contributed by atoms with Crippen molar-refractivity contribution in [1.29, 1.82) is 0 Å². The van der Waals surface area contributed by atoms with Gasteiger partial charge in [-0.2, -0.15) is 0 Å². The van der Waals surface area contributed by atoms with Crippen molar-refractivity contribution in [3.8, 4) is 0 Å². The second kappa shape index (κ2) is 4.02. The van der Waals surface area contributed by atoms with E-state index in [1.807, 2.05) is 6.92 Å². The third kappa shape index (κ3) is 1.91. The van der Waals surface area contributed by atoms with Crippen LogP contribution in [0.2, 0.25) is 0 Å². The molecule has 1 fully saturated rings. The van der Waals surface area contributed by atoms with Gasteiger partial charge in [-0.15, -0.1) is 5.10 Å². The highest BCUT2D eigenvalue weighted by Gasteiger charge is 2.25. The molecule has 1 N–H and O–H groups in total. The standard InChI is InChI=1S/C8H12N4OS/c1-6-8(13)9-2-3-12(6)5-7-4-10-11-14-7/h4,6H,2-3,5H2,1H3,(H,9,13). The van der Waals surface area contributed by atoms with Crippen molar-refractivity contribution < 1.29 is 4.79 Å². The van der Waals surface area contributed by atoms with Crippen LogP contribution in [0.25, 0.3) is 0 Å². The van der Waals surface area contributed by atoms with E-state index < -0.39 is 0 Å². The number of nitrogens with zero attached hydrogens (tertiary/aromatic N) is 3. The first-order valence-electron chi connectivity index (χ1n) is 4.55. The number of aromatic nitrogens is 2. The summed E-state index contributed by atoms with van der Waals surface area (Å²) in [7, 11) is 0. The molecule has 5 nitrogen and oxygen atoms in total. The van der Waals surface area contributed by atoms with Gasteiger partial charge in [0, 0.05) is 19.6 Å². The van der Waals surface area contributed by atoms with Crippen LogP contribution >= 0.6 is 11.5 Å². The summed E-state index contributed by atoms with van der Waals surface area (Å²) in [5, 5.41) is 6.61. The third-order valence-electron chi connectivity index (χ3n) is 2.39. The molecule has 0 aliphatic carbocycles. The molecular formula is C8H12N4OS. The molecule has 0 saturated carbocycles. The lowest BCUT2D eigenvalue weighted by Gasteiger charge is -2.31. The lowest BCUT2D eigenvalue weighted by molar-refractivity contribution is -0.128. The van der Waals surface area contributed by atoms with Gasteiger partial charge >= 0.3 is 0 Å². The van der Waals surface area contributed by atoms with Crippen molar-refractivity contribution in [2.24, 2.45) is 0 Å². The summed E-state index contributed by atoms with van der Waals surface area (Å²) in [6.45, 7) is 4.31. The summed E-state index contributed by atoms with van der Waals surface area (Å²) >= 11 is 1.39. The van der Waals surface area contributed by atoms with E-state index in [0.29, 0.717) is 0 Å². The number of piperazine rings is 1. The Bertz CT molecular complexity index is 313. The monoisotopic (exact) mass is 212 g/mol. The maximum Gasteiger partial charge on any atom is 0.237 e. The van der Waals surface area contributed by atoms with E-state index in [4.69, 9.17) is 0 Å². The van der Waals surface area contributed by atoms with E-state index in [1.54, 1.807) is 6.20 Å². The van der Waals surface area contributed by atoms with Crippen LogP contribution in [0.5, 0.6) is 0 Å². The van der Waals surface area contributed by atoms with Gasteiger partial charge in [0.05, 0.1) is 17.1 Å². The first-order valence-corrected chi connectivity index (χ1v) is 5.32. The average molecular weight is 212 g/mol. The Hall–Kier alpha value is -1.01. The van der Waals surface area contributed by atoms with Crippen LogP contribution in [0.3, 0.4) is 0 Å². The minimum Gasteiger partial charge on any atom is -0.353 e. The van der Waals surface area contributed by atoms with Gasteiger partial charge in [-0.25, -0.2) is 0 Å². The minimum absolute atomic E-state index is 0.0501. The SMILES string of the molecule is CC1C(=O)NCCN1Cc1cnns1. The highest BCUT2D eigenvalue weighted by atomic mass is 32.1. The molecule has 14 heavy (non-hydrogen) atoms. The Morgan fingerprint density at radius 3 is 3.36 bits per heavy atom. The molecule has 1 saturated heterocycles. The number of hydrogen-bond acceptors (Lipinski definition) is 5. The van der Waals surface area contributed by atoms with E-state index in [9.17, 15) is 4.79 Å². The number of nitrogens with one attached hydrogen (secondary N) is 1. The summed E-state index contributed by atoms with van der Waals surface area (Å²) in [4.78, 5) is 14.6.